The van der Waals surface area contributed by atoms with Crippen LogP contribution in [0.2, 0.25) is 5.02 Å². The molecule has 7 nitrogen and oxygen atoms in total. The molecule has 0 aliphatic carbocycles. The van der Waals surface area contributed by atoms with E-state index >= 15 is 0 Å². The van der Waals surface area contributed by atoms with Crippen molar-refractivity contribution in [2.24, 2.45) is 5.92 Å². The molecule has 34 heavy (non-hydrogen) atoms. The Morgan fingerprint density at radius 1 is 1.09 bits per heavy atom. The number of rotatable bonds is 4. The molecule has 5 rings (SSSR count). The third-order valence-corrected chi connectivity index (χ3v) is 7.49. The number of fused-ring (bicyclic) bond motifs is 1. The van der Waals surface area contributed by atoms with Crippen molar-refractivity contribution >= 4 is 23.2 Å². The van der Waals surface area contributed by atoms with Crippen molar-refractivity contribution in [2.75, 3.05) is 18.0 Å². The number of amides is 1. The maximum atomic E-state index is 13.5. The van der Waals surface area contributed by atoms with Crippen LogP contribution >= 0.6 is 11.6 Å². The van der Waals surface area contributed by atoms with Crippen LogP contribution in [0, 0.1) is 12.8 Å². The molecule has 4 heterocycles. The summed E-state index contributed by atoms with van der Waals surface area (Å²) in [6.07, 6.45) is 5.80. The van der Waals surface area contributed by atoms with Gasteiger partial charge in [0.2, 0.25) is 0 Å². The molecular formula is C26H30ClN5O2. The molecule has 0 N–H and O–H groups in total. The minimum Gasteiger partial charge on any atom is -0.372 e. The predicted octanol–water partition coefficient (Wildman–Crippen LogP) is 4.28. The van der Waals surface area contributed by atoms with E-state index in [2.05, 4.69) is 28.9 Å². The first-order chi connectivity index (χ1) is 16.3. The number of anilines is 1. The lowest BCUT2D eigenvalue weighted by atomic mass is 9.98. The van der Waals surface area contributed by atoms with E-state index in [0.717, 1.165) is 36.0 Å². The number of nitrogens with zero attached hydrogens (tertiary/aromatic N) is 5. The third-order valence-electron chi connectivity index (χ3n) is 7.12. The van der Waals surface area contributed by atoms with Gasteiger partial charge in [-0.1, -0.05) is 18.5 Å². The Balaban J connectivity index is 1.42. The third kappa shape index (κ3) is 4.13. The highest BCUT2D eigenvalue weighted by Gasteiger charge is 2.32. The lowest BCUT2D eigenvalue weighted by Gasteiger charge is -2.36. The van der Waals surface area contributed by atoms with Crippen molar-refractivity contribution in [1.82, 2.24) is 19.0 Å². The molecule has 0 saturated carbocycles. The molecule has 2 aliphatic heterocycles. The fraction of sp³-hybridized carbons (Fsp3) is 0.423. The van der Waals surface area contributed by atoms with Crippen LogP contribution in [0.25, 0.3) is 5.69 Å². The van der Waals surface area contributed by atoms with E-state index in [4.69, 9.17) is 11.6 Å². The van der Waals surface area contributed by atoms with Gasteiger partial charge in [0.15, 0.2) is 0 Å². The van der Waals surface area contributed by atoms with Gasteiger partial charge in [0.1, 0.15) is 11.4 Å². The fourth-order valence-corrected chi connectivity index (χ4v) is 5.13. The van der Waals surface area contributed by atoms with Gasteiger partial charge in [-0.2, -0.15) is 0 Å². The number of hydrogen-bond acceptors (Lipinski definition) is 4. The molecule has 1 amide bonds. The van der Waals surface area contributed by atoms with Gasteiger partial charge in [-0.25, -0.2) is 4.98 Å². The molecule has 1 fully saturated rings. The van der Waals surface area contributed by atoms with Crippen LogP contribution in [-0.2, 0) is 13.1 Å². The Morgan fingerprint density at radius 2 is 1.85 bits per heavy atom. The van der Waals surface area contributed by atoms with Gasteiger partial charge in [-0.3, -0.25) is 9.59 Å². The van der Waals surface area contributed by atoms with E-state index < -0.39 is 0 Å². The van der Waals surface area contributed by atoms with Gasteiger partial charge >= 0.3 is 0 Å². The second-order valence-corrected chi connectivity index (χ2v) is 10.1. The van der Waals surface area contributed by atoms with E-state index in [0.29, 0.717) is 29.5 Å². The van der Waals surface area contributed by atoms with Crippen molar-refractivity contribution in [1.29, 1.82) is 0 Å². The van der Waals surface area contributed by atoms with Crippen LogP contribution in [0.3, 0.4) is 0 Å². The highest BCUT2D eigenvalue weighted by molar-refractivity contribution is 6.31. The second-order valence-electron chi connectivity index (χ2n) is 9.67. The standard InChI is InChI=1S/C26H30ClN5O2/c1-17-8-10-29(11-9-17)21-4-5-22(27)20(12-21)15-31-19(3)14-32-24(26(31)34)7-6-23(25(32)33)30-13-18(2)28-16-30/h4-7,12-13,16-17,19H,8-11,14-15H2,1-3H3/t19-/m1/s1. The molecule has 1 atom stereocenters. The van der Waals surface area contributed by atoms with Crippen LogP contribution in [0.4, 0.5) is 5.69 Å². The predicted molar refractivity (Wildman–Crippen MR) is 134 cm³/mol. The number of carbonyl (C=O) groups excluding carboxylic acids is 1. The first kappa shape index (κ1) is 22.7. The maximum Gasteiger partial charge on any atom is 0.275 e. The molecule has 1 aromatic carbocycles. The quantitative estimate of drug-likeness (QED) is 0.560. The molecule has 0 radical (unpaired) electrons. The average molecular weight is 480 g/mol. The number of pyridine rings is 1. The number of hydrogen-bond donors (Lipinski definition) is 0. The normalized spacial score (nSPS) is 18.9. The number of carbonyl (C=O) groups is 1. The zero-order valence-corrected chi connectivity index (χ0v) is 20.6. The average Bonchev–Trinajstić information content (AvgIpc) is 3.25. The van der Waals surface area contributed by atoms with E-state index in [-0.39, 0.29) is 17.5 Å². The summed E-state index contributed by atoms with van der Waals surface area (Å²) in [5, 5.41) is 0.655. The summed E-state index contributed by atoms with van der Waals surface area (Å²) in [5.41, 5.74) is 3.62. The number of aromatic nitrogens is 3. The molecular weight excluding hydrogens is 450 g/mol. The van der Waals surface area contributed by atoms with Gasteiger partial charge in [0, 0.05) is 49.1 Å². The summed E-state index contributed by atoms with van der Waals surface area (Å²) in [7, 11) is 0. The molecule has 0 bridgehead atoms. The molecule has 178 valence electrons. The Morgan fingerprint density at radius 3 is 2.56 bits per heavy atom. The van der Waals surface area contributed by atoms with Crippen molar-refractivity contribution < 1.29 is 4.79 Å². The first-order valence-electron chi connectivity index (χ1n) is 11.9. The van der Waals surface area contributed by atoms with E-state index in [1.54, 1.807) is 27.6 Å². The highest BCUT2D eigenvalue weighted by atomic mass is 35.5. The van der Waals surface area contributed by atoms with Crippen LogP contribution in [0.1, 0.15) is 48.4 Å². The lowest BCUT2D eigenvalue weighted by Crippen LogP contribution is -2.49. The Bertz CT molecular complexity index is 1290. The molecule has 2 aromatic heterocycles. The minimum atomic E-state index is -0.186. The Hall–Kier alpha value is -3.06. The second kappa shape index (κ2) is 8.95. The molecule has 2 aliphatic rings. The molecule has 3 aromatic rings. The van der Waals surface area contributed by atoms with E-state index in [1.807, 2.05) is 31.0 Å². The van der Waals surface area contributed by atoms with Crippen LogP contribution in [-0.4, -0.2) is 44.1 Å². The van der Waals surface area contributed by atoms with Crippen LogP contribution < -0.4 is 10.5 Å². The van der Waals surface area contributed by atoms with E-state index in [9.17, 15) is 9.59 Å². The first-order valence-corrected chi connectivity index (χ1v) is 12.3. The van der Waals surface area contributed by atoms with Crippen LogP contribution in [0.15, 0.2) is 47.7 Å². The van der Waals surface area contributed by atoms with Gasteiger partial charge in [-0.05, 0) is 68.5 Å². The summed E-state index contributed by atoms with van der Waals surface area (Å²) in [5.74, 6) is 0.606. The number of piperidine rings is 1. The molecule has 1 saturated heterocycles. The van der Waals surface area contributed by atoms with Gasteiger partial charge < -0.3 is 18.9 Å². The molecule has 0 unspecified atom stereocenters. The SMILES string of the molecule is Cc1cn(-c2ccc3n(c2=O)C[C@@H](C)N(Cc2cc(N4CCC(C)CC4)ccc2Cl)C3=O)cn1. The molecule has 0 spiro atoms. The Kier molecular flexibility index (Phi) is 5.98. The van der Waals surface area contributed by atoms with Gasteiger partial charge in [0.05, 0.1) is 12.0 Å². The number of halogens is 1. The minimum absolute atomic E-state index is 0.145. The zero-order valence-electron chi connectivity index (χ0n) is 19.9. The van der Waals surface area contributed by atoms with Gasteiger partial charge in [-0.15, -0.1) is 0 Å². The highest BCUT2D eigenvalue weighted by Crippen LogP contribution is 2.29. The topological polar surface area (TPSA) is 63.4 Å². The summed E-state index contributed by atoms with van der Waals surface area (Å²) >= 11 is 6.57. The summed E-state index contributed by atoms with van der Waals surface area (Å²) in [6.45, 7) is 9.08. The Labute approximate surface area is 204 Å². The zero-order chi connectivity index (χ0) is 24.0. The summed E-state index contributed by atoms with van der Waals surface area (Å²) < 4.78 is 3.29. The number of aryl methyl sites for hydroxylation is 1. The van der Waals surface area contributed by atoms with E-state index in [1.165, 1.54) is 12.8 Å². The fourth-order valence-electron chi connectivity index (χ4n) is 4.95. The number of imidazole rings is 1. The van der Waals surface area contributed by atoms with Crippen molar-refractivity contribution in [3.8, 4) is 5.69 Å². The van der Waals surface area contributed by atoms with Crippen molar-refractivity contribution in [3.05, 3.63) is 75.2 Å². The van der Waals surface area contributed by atoms with Crippen molar-refractivity contribution in [2.45, 2.75) is 52.7 Å². The van der Waals surface area contributed by atoms with Crippen LogP contribution in [0.5, 0.6) is 0 Å². The largest absolute Gasteiger partial charge is 0.372 e. The monoisotopic (exact) mass is 479 g/mol. The van der Waals surface area contributed by atoms with Gasteiger partial charge in [0.25, 0.3) is 11.5 Å². The lowest BCUT2D eigenvalue weighted by molar-refractivity contribution is 0.0590. The summed E-state index contributed by atoms with van der Waals surface area (Å²) in [6, 6.07) is 9.41. The number of benzene rings is 1. The maximum absolute atomic E-state index is 13.5. The molecule has 8 heteroatoms. The summed E-state index contributed by atoms with van der Waals surface area (Å²) in [4.78, 5) is 35.1. The van der Waals surface area contributed by atoms with Crippen molar-refractivity contribution in [3.63, 3.8) is 0 Å². The smallest absolute Gasteiger partial charge is 0.275 e.